The van der Waals surface area contributed by atoms with Crippen molar-refractivity contribution >= 4 is 12.1 Å². The Kier molecular flexibility index (Phi) is 7.05. The molecular formula is C16H30O4. The summed E-state index contributed by atoms with van der Waals surface area (Å²) in [6.45, 7) is 14.0. The molecule has 0 aromatic rings. The Hall–Kier alpha value is -0.740. The summed E-state index contributed by atoms with van der Waals surface area (Å²) < 4.78 is 11.2. The van der Waals surface area contributed by atoms with Gasteiger partial charge >= 0.3 is 0 Å². The lowest BCUT2D eigenvalue weighted by Gasteiger charge is -2.30. The lowest BCUT2D eigenvalue weighted by Crippen LogP contribution is -2.35. The third-order valence-corrected chi connectivity index (χ3v) is 3.16. The standard InChI is InChI=1S/C16H30O4/c1-14(2,3)13(18)12-16(6,7)19-10-8-15(4,5)20-11-9-17/h9H,8,10-12H2,1-7H3. The maximum absolute atomic E-state index is 12.0. The van der Waals surface area contributed by atoms with Crippen LogP contribution in [0.5, 0.6) is 0 Å². The Labute approximate surface area is 123 Å². The van der Waals surface area contributed by atoms with Gasteiger partial charge < -0.3 is 14.3 Å². The quantitative estimate of drug-likeness (QED) is 0.611. The topological polar surface area (TPSA) is 52.6 Å². The van der Waals surface area contributed by atoms with E-state index in [0.717, 1.165) is 6.29 Å². The highest BCUT2D eigenvalue weighted by Crippen LogP contribution is 2.25. The molecule has 0 amide bonds. The molecule has 4 heteroatoms. The Morgan fingerprint density at radius 2 is 1.50 bits per heavy atom. The van der Waals surface area contributed by atoms with Crippen molar-refractivity contribution in [1.29, 1.82) is 0 Å². The third-order valence-electron chi connectivity index (χ3n) is 3.16. The maximum Gasteiger partial charge on any atom is 0.145 e. The number of Topliss-reactive ketones (excluding diaryl/α,β-unsaturated/α-hetero) is 1. The summed E-state index contributed by atoms with van der Waals surface area (Å²) in [5, 5.41) is 0. The molecule has 0 radical (unpaired) electrons. The zero-order valence-electron chi connectivity index (χ0n) is 14.0. The molecule has 0 unspecified atom stereocenters. The molecule has 20 heavy (non-hydrogen) atoms. The van der Waals surface area contributed by atoms with Gasteiger partial charge in [0, 0.05) is 11.8 Å². The average Bonchev–Trinajstić information content (AvgIpc) is 2.23. The zero-order chi connectivity index (χ0) is 16.0. The Morgan fingerprint density at radius 1 is 0.950 bits per heavy atom. The fourth-order valence-corrected chi connectivity index (χ4v) is 1.61. The molecule has 118 valence electrons. The molecule has 0 aliphatic heterocycles. The van der Waals surface area contributed by atoms with Gasteiger partial charge in [-0.15, -0.1) is 0 Å². The van der Waals surface area contributed by atoms with Crippen molar-refractivity contribution in [2.24, 2.45) is 5.41 Å². The highest BCUT2D eigenvalue weighted by Gasteiger charge is 2.30. The van der Waals surface area contributed by atoms with Crippen LogP contribution >= 0.6 is 0 Å². The molecular weight excluding hydrogens is 256 g/mol. The summed E-state index contributed by atoms with van der Waals surface area (Å²) in [4.78, 5) is 22.3. The molecule has 0 aromatic heterocycles. The number of carbonyl (C=O) groups excluding carboxylic acids is 2. The van der Waals surface area contributed by atoms with Crippen LogP contribution < -0.4 is 0 Å². The predicted molar refractivity (Wildman–Crippen MR) is 79.8 cm³/mol. The monoisotopic (exact) mass is 286 g/mol. The van der Waals surface area contributed by atoms with E-state index >= 15 is 0 Å². The Morgan fingerprint density at radius 3 is 1.95 bits per heavy atom. The first-order valence-electron chi connectivity index (χ1n) is 7.14. The molecule has 0 aromatic carbocycles. The van der Waals surface area contributed by atoms with Gasteiger partial charge in [-0.3, -0.25) is 4.79 Å². The number of hydrogen-bond donors (Lipinski definition) is 0. The van der Waals surface area contributed by atoms with Gasteiger partial charge in [-0.1, -0.05) is 20.8 Å². The van der Waals surface area contributed by atoms with Crippen LogP contribution in [-0.2, 0) is 19.1 Å². The van der Waals surface area contributed by atoms with Gasteiger partial charge in [0.25, 0.3) is 0 Å². The minimum Gasteiger partial charge on any atom is -0.375 e. The first-order chi connectivity index (χ1) is 8.90. The molecule has 0 aliphatic carbocycles. The minimum absolute atomic E-state index is 0.0961. The van der Waals surface area contributed by atoms with Crippen LogP contribution in [0.25, 0.3) is 0 Å². The molecule has 0 bridgehead atoms. The SMILES string of the molecule is CC(C)(CCOC(C)(C)CC(=O)C(C)(C)C)OCC=O. The van der Waals surface area contributed by atoms with E-state index in [0.29, 0.717) is 19.4 Å². The lowest BCUT2D eigenvalue weighted by atomic mass is 9.84. The van der Waals surface area contributed by atoms with Crippen LogP contribution in [0.2, 0.25) is 0 Å². The number of rotatable bonds is 9. The van der Waals surface area contributed by atoms with Crippen LogP contribution in [0.3, 0.4) is 0 Å². The van der Waals surface area contributed by atoms with Crippen molar-refractivity contribution < 1.29 is 19.1 Å². The van der Waals surface area contributed by atoms with E-state index in [-0.39, 0.29) is 17.8 Å². The number of ketones is 1. The molecule has 0 atom stereocenters. The van der Waals surface area contributed by atoms with Crippen molar-refractivity contribution in [3.05, 3.63) is 0 Å². The fourth-order valence-electron chi connectivity index (χ4n) is 1.61. The second kappa shape index (κ2) is 7.32. The van der Waals surface area contributed by atoms with Gasteiger partial charge in [0.15, 0.2) is 0 Å². The molecule has 0 saturated heterocycles. The number of carbonyl (C=O) groups is 2. The largest absolute Gasteiger partial charge is 0.375 e. The molecule has 0 heterocycles. The molecule has 0 aliphatic rings. The molecule has 0 rings (SSSR count). The number of aldehydes is 1. The van der Waals surface area contributed by atoms with E-state index in [1.165, 1.54) is 0 Å². The van der Waals surface area contributed by atoms with E-state index in [1.54, 1.807) is 0 Å². The lowest BCUT2D eigenvalue weighted by molar-refractivity contribution is -0.134. The molecule has 4 nitrogen and oxygen atoms in total. The van der Waals surface area contributed by atoms with Crippen molar-refractivity contribution in [1.82, 2.24) is 0 Å². The summed E-state index contributed by atoms with van der Waals surface area (Å²) in [6.07, 6.45) is 1.81. The van der Waals surface area contributed by atoms with Crippen molar-refractivity contribution in [3.63, 3.8) is 0 Å². The van der Waals surface area contributed by atoms with Crippen LogP contribution in [-0.4, -0.2) is 36.5 Å². The summed E-state index contributed by atoms with van der Waals surface area (Å²) >= 11 is 0. The number of ether oxygens (including phenoxy) is 2. The van der Waals surface area contributed by atoms with Crippen LogP contribution in [0.1, 0.15) is 61.3 Å². The minimum atomic E-state index is -0.481. The fraction of sp³-hybridized carbons (Fsp3) is 0.875. The van der Waals surface area contributed by atoms with Gasteiger partial charge in [0.05, 0.1) is 17.8 Å². The highest BCUT2D eigenvalue weighted by atomic mass is 16.5. The molecule has 0 N–H and O–H groups in total. The van der Waals surface area contributed by atoms with Crippen LogP contribution in [0, 0.1) is 5.41 Å². The smallest absolute Gasteiger partial charge is 0.145 e. The van der Waals surface area contributed by atoms with E-state index in [1.807, 2.05) is 48.5 Å². The summed E-state index contributed by atoms with van der Waals surface area (Å²) in [7, 11) is 0. The van der Waals surface area contributed by atoms with Gasteiger partial charge in [-0.05, 0) is 34.1 Å². The van der Waals surface area contributed by atoms with E-state index < -0.39 is 11.2 Å². The maximum atomic E-state index is 12.0. The summed E-state index contributed by atoms with van der Waals surface area (Å²) in [6, 6.07) is 0. The zero-order valence-corrected chi connectivity index (χ0v) is 14.0. The van der Waals surface area contributed by atoms with Crippen molar-refractivity contribution in [2.45, 2.75) is 72.5 Å². The molecule has 0 spiro atoms. The Balaban J connectivity index is 4.23. The normalized spacial score (nSPS) is 13.3. The summed E-state index contributed by atoms with van der Waals surface area (Å²) in [5.74, 6) is 0.193. The Bertz CT molecular complexity index is 324. The van der Waals surface area contributed by atoms with Gasteiger partial charge in [-0.25, -0.2) is 0 Å². The second-order valence-corrected chi connectivity index (χ2v) is 7.45. The molecule has 0 fully saturated rings. The average molecular weight is 286 g/mol. The first-order valence-corrected chi connectivity index (χ1v) is 7.14. The van der Waals surface area contributed by atoms with Crippen LogP contribution in [0.4, 0.5) is 0 Å². The van der Waals surface area contributed by atoms with Crippen molar-refractivity contribution in [3.8, 4) is 0 Å². The van der Waals surface area contributed by atoms with Gasteiger partial charge in [0.2, 0.25) is 0 Å². The highest BCUT2D eigenvalue weighted by molar-refractivity contribution is 5.84. The van der Waals surface area contributed by atoms with Gasteiger partial charge in [0.1, 0.15) is 18.7 Å². The van der Waals surface area contributed by atoms with E-state index in [4.69, 9.17) is 9.47 Å². The van der Waals surface area contributed by atoms with Gasteiger partial charge in [-0.2, -0.15) is 0 Å². The predicted octanol–water partition coefficient (Wildman–Crippen LogP) is 3.17. The summed E-state index contributed by atoms with van der Waals surface area (Å²) in [5.41, 5.74) is -1.22. The third kappa shape index (κ3) is 8.43. The van der Waals surface area contributed by atoms with E-state index in [9.17, 15) is 9.59 Å². The second-order valence-electron chi connectivity index (χ2n) is 7.45. The number of hydrogen-bond acceptors (Lipinski definition) is 4. The van der Waals surface area contributed by atoms with Crippen LogP contribution in [0.15, 0.2) is 0 Å². The van der Waals surface area contributed by atoms with E-state index in [2.05, 4.69) is 0 Å². The molecule has 0 saturated carbocycles. The first kappa shape index (κ1) is 19.3. The van der Waals surface area contributed by atoms with Crippen molar-refractivity contribution in [2.75, 3.05) is 13.2 Å².